The molecule has 0 rings (SSSR count). The summed E-state index contributed by atoms with van der Waals surface area (Å²) in [7, 11) is 1.72. The lowest BCUT2D eigenvalue weighted by atomic mass is 10.6. The molecule has 0 saturated carbocycles. The van der Waals surface area contributed by atoms with Crippen LogP contribution in [0.25, 0.3) is 0 Å². The van der Waals surface area contributed by atoms with Gasteiger partial charge in [0.2, 0.25) is 0 Å². The van der Waals surface area contributed by atoms with Crippen LogP contribution >= 0.6 is 0 Å². The van der Waals surface area contributed by atoms with Crippen LogP contribution < -0.4 is 5.32 Å². The van der Waals surface area contributed by atoms with E-state index in [9.17, 15) is 0 Å². The molecular formula is C6H10N2. The van der Waals surface area contributed by atoms with Crippen LogP contribution in [0.15, 0.2) is 30.0 Å². The molecule has 0 fully saturated rings. The van der Waals surface area contributed by atoms with Gasteiger partial charge >= 0.3 is 0 Å². The summed E-state index contributed by atoms with van der Waals surface area (Å²) >= 11 is 0. The van der Waals surface area contributed by atoms with E-state index in [0.29, 0.717) is 0 Å². The minimum absolute atomic E-state index is 1.60. The van der Waals surface area contributed by atoms with Crippen molar-refractivity contribution in [3.63, 3.8) is 0 Å². The highest BCUT2D eigenvalue weighted by atomic mass is 14.8. The van der Waals surface area contributed by atoms with E-state index in [1.807, 2.05) is 0 Å². The van der Waals surface area contributed by atoms with E-state index >= 15 is 0 Å². The summed E-state index contributed by atoms with van der Waals surface area (Å²) in [5.74, 6) is 0. The summed E-state index contributed by atoms with van der Waals surface area (Å²) in [4.78, 5) is 3.72. The van der Waals surface area contributed by atoms with E-state index in [1.165, 1.54) is 0 Å². The summed E-state index contributed by atoms with van der Waals surface area (Å²) in [6.07, 6.45) is 6.83. The molecule has 0 unspecified atom stereocenters. The topological polar surface area (TPSA) is 24.4 Å². The molecule has 0 aliphatic rings. The zero-order valence-corrected chi connectivity index (χ0v) is 4.96. The summed E-state index contributed by atoms with van der Waals surface area (Å²) in [5.41, 5.74) is 0. The molecule has 0 amide bonds. The Morgan fingerprint density at radius 1 is 1.62 bits per heavy atom. The average Bonchev–Trinajstić information content (AvgIpc) is 1.81. The number of aliphatic imine (C=N–C) groups is 1. The van der Waals surface area contributed by atoms with Crippen LogP contribution in [0.4, 0.5) is 0 Å². The third-order valence-corrected chi connectivity index (χ3v) is 0.545. The molecule has 0 aliphatic heterocycles. The predicted molar refractivity (Wildman–Crippen MR) is 36.9 cm³/mol. The fourth-order valence-electron chi connectivity index (χ4n) is 0.253. The van der Waals surface area contributed by atoms with Gasteiger partial charge in [-0.15, -0.1) is 0 Å². The maximum atomic E-state index is 3.72. The Labute approximate surface area is 49.6 Å². The van der Waals surface area contributed by atoms with Gasteiger partial charge in [0.25, 0.3) is 0 Å². The fourth-order valence-corrected chi connectivity index (χ4v) is 0.253. The van der Waals surface area contributed by atoms with Crippen molar-refractivity contribution in [2.24, 2.45) is 4.99 Å². The molecule has 0 saturated heterocycles. The molecule has 0 aliphatic carbocycles. The Hall–Kier alpha value is -1.05. The van der Waals surface area contributed by atoms with Gasteiger partial charge in [0.15, 0.2) is 0 Å². The third kappa shape index (κ3) is 4.95. The van der Waals surface area contributed by atoms with Crippen molar-refractivity contribution >= 4 is 6.21 Å². The van der Waals surface area contributed by atoms with Gasteiger partial charge in [-0.25, -0.2) is 0 Å². The van der Waals surface area contributed by atoms with E-state index < -0.39 is 0 Å². The Balaban J connectivity index is 3.19. The number of hydrogen-bond donors (Lipinski definition) is 1. The molecule has 2 heteroatoms. The predicted octanol–water partition coefficient (Wildman–Crippen LogP) is 0.934. The summed E-state index contributed by atoms with van der Waals surface area (Å²) in [5, 5.41) is 2.78. The molecule has 0 aromatic rings. The number of hydrogen-bond acceptors (Lipinski definition) is 2. The van der Waals surface area contributed by atoms with Crippen molar-refractivity contribution < 1.29 is 0 Å². The normalized spacial score (nSPS) is 10.6. The lowest BCUT2D eigenvalue weighted by Crippen LogP contribution is -1.88. The van der Waals surface area contributed by atoms with Crippen LogP contribution in [0.3, 0.4) is 0 Å². The van der Waals surface area contributed by atoms with Crippen molar-refractivity contribution in [1.29, 1.82) is 0 Å². The highest BCUT2D eigenvalue weighted by Gasteiger charge is 1.57. The fraction of sp³-hybridized carbons (Fsp3) is 0.167. The summed E-state index contributed by atoms with van der Waals surface area (Å²) in [6, 6.07) is 0. The molecule has 0 radical (unpaired) electrons. The average molecular weight is 110 g/mol. The van der Waals surface area contributed by atoms with Crippen molar-refractivity contribution in [2.75, 3.05) is 7.05 Å². The molecule has 2 nitrogen and oxygen atoms in total. The standard InChI is InChI=1S/C6H10N2/c1-3-8-6-4-5-7-2/h3-6,8H,1H2,2H3. The highest BCUT2D eigenvalue weighted by Crippen LogP contribution is 1.61. The van der Waals surface area contributed by atoms with E-state index in [-0.39, 0.29) is 0 Å². The molecular weight excluding hydrogens is 100 g/mol. The van der Waals surface area contributed by atoms with E-state index in [4.69, 9.17) is 0 Å². The van der Waals surface area contributed by atoms with Gasteiger partial charge in [-0.1, -0.05) is 6.58 Å². The first kappa shape index (κ1) is 6.95. The first-order chi connectivity index (χ1) is 3.91. The van der Waals surface area contributed by atoms with Gasteiger partial charge in [-0.05, 0) is 12.3 Å². The van der Waals surface area contributed by atoms with Gasteiger partial charge in [0, 0.05) is 19.5 Å². The Kier molecular flexibility index (Phi) is 5.17. The minimum Gasteiger partial charge on any atom is -0.368 e. The van der Waals surface area contributed by atoms with E-state index in [1.54, 1.807) is 31.7 Å². The molecule has 0 atom stereocenters. The quantitative estimate of drug-likeness (QED) is 0.537. The van der Waals surface area contributed by atoms with Gasteiger partial charge in [-0.3, -0.25) is 4.99 Å². The Morgan fingerprint density at radius 2 is 2.38 bits per heavy atom. The minimum atomic E-state index is 1.60. The van der Waals surface area contributed by atoms with Gasteiger partial charge < -0.3 is 5.32 Å². The Morgan fingerprint density at radius 3 is 2.88 bits per heavy atom. The van der Waals surface area contributed by atoms with Crippen LogP contribution in [0, 0.1) is 0 Å². The largest absolute Gasteiger partial charge is 0.368 e. The molecule has 0 spiro atoms. The molecule has 0 aromatic carbocycles. The van der Waals surface area contributed by atoms with Crippen LogP contribution in [0.1, 0.15) is 0 Å². The smallest absolute Gasteiger partial charge is 0.0277 e. The number of allylic oxidation sites excluding steroid dienone is 1. The monoisotopic (exact) mass is 110 g/mol. The second-order valence-electron chi connectivity index (χ2n) is 1.14. The lowest BCUT2D eigenvalue weighted by molar-refractivity contribution is 1.21. The number of rotatable bonds is 3. The zero-order chi connectivity index (χ0) is 6.24. The van der Waals surface area contributed by atoms with Crippen molar-refractivity contribution in [2.45, 2.75) is 0 Å². The zero-order valence-electron chi connectivity index (χ0n) is 4.96. The summed E-state index contributed by atoms with van der Waals surface area (Å²) in [6.45, 7) is 3.45. The molecule has 44 valence electrons. The molecule has 0 aromatic heterocycles. The molecule has 8 heavy (non-hydrogen) atoms. The van der Waals surface area contributed by atoms with E-state index in [2.05, 4.69) is 16.9 Å². The van der Waals surface area contributed by atoms with Gasteiger partial charge in [0.1, 0.15) is 0 Å². The second-order valence-corrected chi connectivity index (χ2v) is 1.14. The molecule has 0 bridgehead atoms. The van der Waals surface area contributed by atoms with E-state index in [0.717, 1.165) is 0 Å². The lowest BCUT2D eigenvalue weighted by Gasteiger charge is -1.80. The maximum absolute atomic E-state index is 3.72. The maximum Gasteiger partial charge on any atom is 0.0277 e. The SMILES string of the molecule is C=CNC=CC=NC. The first-order valence-electron chi connectivity index (χ1n) is 2.36. The highest BCUT2D eigenvalue weighted by molar-refractivity contribution is 5.70. The van der Waals surface area contributed by atoms with Crippen LogP contribution in [-0.4, -0.2) is 13.3 Å². The third-order valence-electron chi connectivity index (χ3n) is 0.545. The van der Waals surface area contributed by atoms with Crippen LogP contribution in [-0.2, 0) is 0 Å². The summed E-state index contributed by atoms with van der Waals surface area (Å²) < 4.78 is 0. The molecule has 0 heterocycles. The van der Waals surface area contributed by atoms with Crippen molar-refractivity contribution in [1.82, 2.24) is 5.32 Å². The van der Waals surface area contributed by atoms with Crippen molar-refractivity contribution in [3.05, 3.63) is 25.1 Å². The van der Waals surface area contributed by atoms with Crippen molar-refractivity contribution in [3.8, 4) is 0 Å². The first-order valence-corrected chi connectivity index (χ1v) is 2.36. The molecule has 1 N–H and O–H groups in total. The van der Waals surface area contributed by atoms with Gasteiger partial charge in [0.05, 0.1) is 0 Å². The number of nitrogens with one attached hydrogen (secondary N) is 1. The second kappa shape index (κ2) is 5.95. The Bertz CT molecular complexity index is 103. The van der Waals surface area contributed by atoms with Gasteiger partial charge in [-0.2, -0.15) is 0 Å². The number of nitrogens with zero attached hydrogens (tertiary/aromatic N) is 1. The van der Waals surface area contributed by atoms with Crippen LogP contribution in [0.5, 0.6) is 0 Å². The van der Waals surface area contributed by atoms with Crippen LogP contribution in [0.2, 0.25) is 0 Å².